The van der Waals surface area contributed by atoms with Gasteiger partial charge in [-0.25, -0.2) is 0 Å². The fourth-order valence-electron chi connectivity index (χ4n) is 17.2. The van der Waals surface area contributed by atoms with Crippen LogP contribution in [0, 0.1) is 47.3 Å². The van der Waals surface area contributed by atoms with Crippen LogP contribution in [0.25, 0.3) is 0 Å². The third-order valence-electron chi connectivity index (χ3n) is 24.6. The number of nitrogens with one attached hydrogen (secondary N) is 2. The zero-order valence-electron chi connectivity index (χ0n) is 67.1. The van der Waals surface area contributed by atoms with Gasteiger partial charge < -0.3 is 123 Å². The van der Waals surface area contributed by atoms with Gasteiger partial charge in [0, 0.05) is 88.4 Å². The molecule has 0 bridgehead atoms. The number of ketones is 1. The van der Waals surface area contributed by atoms with Crippen LogP contribution in [0.2, 0.25) is 0 Å². The fraction of sp³-hybridized carbons (Fsp3) is 0.960. The third-order valence-corrected chi connectivity index (χ3v) is 24.6. The van der Waals surface area contributed by atoms with Crippen molar-refractivity contribution in [1.29, 1.82) is 0 Å². The zero-order chi connectivity index (χ0) is 78.5. The van der Waals surface area contributed by atoms with E-state index in [1.165, 1.54) is 35.2 Å². The normalized spacial score (nSPS) is 50.3. The second-order valence-electron chi connectivity index (χ2n) is 33.0. The van der Waals surface area contributed by atoms with Crippen molar-refractivity contribution in [2.45, 2.75) is 365 Å². The van der Waals surface area contributed by atoms with Crippen molar-refractivity contribution in [3.05, 3.63) is 0 Å². The van der Waals surface area contributed by atoms with Crippen molar-refractivity contribution >= 4 is 17.7 Å². The van der Waals surface area contributed by atoms with Gasteiger partial charge in [0.05, 0.1) is 89.2 Å². The molecule has 0 amide bonds. The second kappa shape index (κ2) is 37.1. The highest BCUT2D eigenvalue weighted by molar-refractivity contribution is 5.83. The molecule has 0 radical (unpaired) electrons. The lowest BCUT2D eigenvalue weighted by molar-refractivity contribution is -0.319. The summed E-state index contributed by atoms with van der Waals surface area (Å²) >= 11 is 0. The van der Waals surface area contributed by atoms with Gasteiger partial charge in [0.1, 0.15) is 59.7 Å². The summed E-state index contributed by atoms with van der Waals surface area (Å²) in [5.74, 6) is -7.11. The van der Waals surface area contributed by atoms with E-state index in [4.69, 9.17) is 61.6 Å². The molecule has 6 saturated heterocycles. The van der Waals surface area contributed by atoms with E-state index in [-0.39, 0.29) is 80.4 Å². The highest BCUT2D eigenvalue weighted by atomic mass is 16.7. The number of aliphatic hydroxyl groups is 9. The summed E-state index contributed by atoms with van der Waals surface area (Å²) < 4.78 is 81.2. The smallest absolute Gasteiger partial charge is 0.311 e. The summed E-state index contributed by atoms with van der Waals surface area (Å²) in [4.78, 5) is 44.2. The minimum absolute atomic E-state index is 0.0379. The van der Waals surface area contributed by atoms with Gasteiger partial charge in [0.2, 0.25) is 0 Å². The molecular weight excluding hydrogens is 1340 g/mol. The fourth-order valence-corrected chi connectivity index (χ4v) is 17.2. The van der Waals surface area contributed by atoms with Gasteiger partial charge in [0.15, 0.2) is 25.2 Å². The molecule has 11 N–H and O–H groups in total. The number of carbonyl (C=O) groups is 3. The number of hydrogen-bond donors (Lipinski definition) is 11. The van der Waals surface area contributed by atoms with Gasteiger partial charge in [-0.3, -0.25) is 14.4 Å². The van der Waals surface area contributed by atoms with Crippen molar-refractivity contribution in [1.82, 2.24) is 15.5 Å². The van der Waals surface area contributed by atoms with Gasteiger partial charge in [-0.05, 0) is 149 Å². The molecule has 6 fully saturated rings. The van der Waals surface area contributed by atoms with Crippen molar-refractivity contribution in [2.24, 2.45) is 47.3 Å². The van der Waals surface area contributed by atoms with Crippen LogP contribution in [-0.4, -0.2) is 292 Å². The van der Waals surface area contributed by atoms with Crippen LogP contribution < -0.4 is 10.6 Å². The molecule has 28 heteroatoms. The summed E-state index contributed by atoms with van der Waals surface area (Å²) in [6.45, 7) is 37.0. The zero-order valence-corrected chi connectivity index (χ0v) is 67.1. The van der Waals surface area contributed by atoms with Crippen LogP contribution in [0.5, 0.6) is 0 Å². The molecular formula is C75H139N3O25. The van der Waals surface area contributed by atoms with Crippen LogP contribution in [0.1, 0.15) is 190 Å². The maximum atomic E-state index is 14.2. The first-order chi connectivity index (χ1) is 47.6. The number of nitrogens with zero attached hydrogens (tertiary/aromatic N) is 1. The minimum Gasteiger partial charge on any atom is -0.459 e. The molecule has 0 aromatic rings. The molecule has 0 unspecified atom stereocenters. The predicted octanol–water partition coefficient (Wildman–Crippen LogP) is 3.90. The van der Waals surface area contributed by atoms with E-state index in [0.29, 0.717) is 13.0 Å². The number of aliphatic hydroxyl groups excluding tert-OH is 6. The largest absolute Gasteiger partial charge is 0.459 e. The molecule has 6 aliphatic rings. The van der Waals surface area contributed by atoms with E-state index < -0.39 is 198 Å². The van der Waals surface area contributed by atoms with Crippen molar-refractivity contribution in [2.75, 3.05) is 49.0 Å². The highest BCUT2D eigenvalue weighted by Gasteiger charge is 2.57. The second-order valence-corrected chi connectivity index (χ2v) is 33.0. The Bertz CT molecular complexity index is 2650. The molecule has 6 heterocycles. The Hall–Kier alpha value is -2.31. The van der Waals surface area contributed by atoms with E-state index in [9.17, 15) is 60.3 Å². The van der Waals surface area contributed by atoms with Crippen LogP contribution in [0.4, 0.5) is 0 Å². The number of carbonyl (C=O) groups excluding carboxylic acids is 3. The quantitative estimate of drug-likeness (QED) is 0.104. The lowest BCUT2D eigenvalue weighted by Gasteiger charge is -2.49. The van der Waals surface area contributed by atoms with E-state index in [2.05, 4.69) is 10.6 Å². The van der Waals surface area contributed by atoms with Crippen molar-refractivity contribution in [3.63, 3.8) is 0 Å². The van der Waals surface area contributed by atoms with Gasteiger partial charge in [-0.15, -0.1) is 0 Å². The van der Waals surface area contributed by atoms with E-state index in [0.717, 1.165) is 0 Å². The first-order valence-corrected chi connectivity index (χ1v) is 37.7. The number of Topliss-reactive ketones (excluding diaryl/α,β-unsaturated/α-hetero) is 1. The summed E-state index contributed by atoms with van der Waals surface area (Å²) in [6.07, 6.45) is -17.7. The standard InChI is InChI=1S/C38H72N2O12.C37H67NO13/c1-15-26-38(11,46)31(42)23(6)40(13)18-19(2)16-36(9,45)33(52-35-29(41)28(39-12)20(3)24(7)49-35)21(4)30(22(5)34(44)50-26)51-27-17-37(10,47-14)32(43)25(8)48-27;1-14-25-37(10,44)30(41)20(4)27(39)18(2)16-36(9,46-13)32(51-34-28(40)24(38-11)15-19(3)47-34)21(5)29(22(6)33(43)49-25)50-26-17-35(8,45-12)31(42)23(7)48-26/h19-33,35,39,41-43,45-46H,15-18H2,1-14H3;18-26,28-32,34,38,40-42,44H,14-17H2,1-13H3/t19-,20+,21+,22-,23-,24-,25+,26-,27+,28+,29-,30+,31-,32+,33-,35+,36-,37-,38-;18-,19-,20+,21+,22-,23+,24+,25-,26+,28-,29+,30-,31+,32-,34+,35-,36-,37-/m11/s1. The van der Waals surface area contributed by atoms with Crippen LogP contribution in [0.3, 0.4) is 0 Å². The Balaban J connectivity index is 0.000000371. The molecule has 37 atom stereocenters. The van der Waals surface area contributed by atoms with Gasteiger partial charge in [-0.1, -0.05) is 55.4 Å². The molecule has 6 rings (SSSR count). The van der Waals surface area contributed by atoms with Crippen molar-refractivity contribution in [3.8, 4) is 0 Å². The number of methoxy groups -OCH3 is 3. The lowest BCUT2D eigenvalue weighted by Crippen LogP contribution is -2.62. The predicted molar refractivity (Wildman–Crippen MR) is 381 cm³/mol. The number of esters is 2. The lowest BCUT2D eigenvalue weighted by atomic mass is 9.74. The Morgan fingerprint density at radius 1 is 0.505 bits per heavy atom. The molecule has 0 aromatic carbocycles. The van der Waals surface area contributed by atoms with Gasteiger partial charge in [0.25, 0.3) is 0 Å². The average molecular weight is 1480 g/mol. The molecule has 103 heavy (non-hydrogen) atoms. The molecule has 0 saturated carbocycles. The minimum atomic E-state index is -1.96. The number of ether oxygens (including phenoxy) is 13. The molecule has 0 spiro atoms. The average Bonchev–Trinajstić information content (AvgIpc) is 1.24. The first-order valence-electron chi connectivity index (χ1n) is 37.7. The van der Waals surface area contributed by atoms with Crippen molar-refractivity contribution < 1.29 is 122 Å². The summed E-state index contributed by atoms with van der Waals surface area (Å²) in [6, 6.07) is -1.23. The Morgan fingerprint density at radius 2 is 0.942 bits per heavy atom. The molecule has 0 aliphatic carbocycles. The summed E-state index contributed by atoms with van der Waals surface area (Å²) in [7, 11) is 9.87. The van der Waals surface area contributed by atoms with Crippen LogP contribution >= 0.6 is 0 Å². The number of rotatable bonds is 15. The first kappa shape index (κ1) is 91.3. The number of hydrogen-bond acceptors (Lipinski definition) is 28. The molecule has 6 aliphatic heterocycles. The maximum absolute atomic E-state index is 14.2. The molecule has 604 valence electrons. The Kier molecular flexibility index (Phi) is 32.9. The summed E-state index contributed by atoms with van der Waals surface area (Å²) in [5, 5.41) is 110. The number of cyclic esters (lactones) is 2. The molecule has 0 aromatic heterocycles. The van der Waals surface area contributed by atoms with E-state index in [1.54, 1.807) is 104 Å². The highest BCUT2D eigenvalue weighted by Crippen LogP contribution is 2.45. The number of likely N-dealkylation sites (N-methyl/N-ethyl adjacent to an activating group) is 3. The Morgan fingerprint density at radius 3 is 1.38 bits per heavy atom. The SMILES string of the molecule is CC[C@H]1OC(=O)[C@H](C)[C@@H](O[C@H]2C[C@@](C)(OC)[C@@H](O)[C@H](C)O2)[C@H](C)[C@@H](O[C@@H]2O[C@H](C)C[C@H](NC)[C@H]2O)[C@](C)(OC)C[C@@H](C)C(=O)[C@H](C)[C@@H](O)[C@]1(C)O.CC[C@H]1OC(=O)[C@H](C)[C@@H](O[C@H]2C[C@@](C)(OC)[C@@H](O)[C@H](C)O2)[C@H](C)[C@@H](O[C@@H]2O[C@H](C)[C@H](C)[C@H](NC)[C@H]2O)[C@](C)(O)C[C@@H](C)CN(C)[C@H](C)[C@@H](O)[C@]1(C)O. The van der Waals surface area contributed by atoms with Crippen LogP contribution in [0.15, 0.2) is 0 Å². The van der Waals surface area contributed by atoms with Crippen LogP contribution in [-0.2, 0) is 76.0 Å². The topological polar surface area (TPSA) is 381 Å². The molecule has 28 nitrogen and oxygen atoms in total. The van der Waals surface area contributed by atoms with E-state index in [1.807, 2.05) is 53.5 Å². The summed E-state index contributed by atoms with van der Waals surface area (Å²) in [5.41, 5.74) is -8.63. The van der Waals surface area contributed by atoms with Gasteiger partial charge >= 0.3 is 11.9 Å². The monoisotopic (exact) mass is 1480 g/mol. The Labute approximate surface area is 614 Å². The van der Waals surface area contributed by atoms with E-state index >= 15 is 0 Å². The van der Waals surface area contributed by atoms with Gasteiger partial charge in [-0.2, -0.15) is 0 Å². The maximum Gasteiger partial charge on any atom is 0.311 e. The third kappa shape index (κ3) is 20.6.